The molecule has 1 aliphatic rings. The highest BCUT2D eigenvalue weighted by Crippen LogP contribution is 2.32. The van der Waals surface area contributed by atoms with E-state index in [0.29, 0.717) is 6.54 Å². The molecule has 0 aliphatic carbocycles. The van der Waals surface area contributed by atoms with Crippen molar-refractivity contribution in [2.45, 2.75) is 38.8 Å². The van der Waals surface area contributed by atoms with Crippen molar-refractivity contribution in [2.75, 3.05) is 13.7 Å². The first-order valence-corrected chi connectivity index (χ1v) is 10.2. The minimum atomic E-state index is -0.631. The number of imidazole rings is 1. The van der Waals surface area contributed by atoms with Gasteiger partial charge in [-0.3, -0.25) is 4.79 Å². The van der Waals surface area contributed by atoms with Crippen molar-refractivity contribution in [3.63, 3.8) is 0 Å². The van der Waals surface area contributed by atoms with E-state index in [9.17, 15) is 9.59 Å². The zero-order valence-electron chi connectivity index (χ0n) is 16.2. The molecule has 2 amide bonds. The standard InChI is InChI=1S/C20H25BrN4O3/c1-12(2)17(24-20(27)28-3)19(26)25-10-4-5-16(25)18-22-11-15(23-18)13-6-8-14(21)9-7-13/h6-9,11-12,16-17H,4-5,10H2,1-3H3,(H,22,23)(H,24,27)/t16-,17?/m0/s1. The van der Waals surface area contributed by atoms with E-state index in [1.807, 2.05) is 49.2 Å². The molecule has 1 saturated heterocycles. The number of H-pyrrole nitrogens is 1. The monoisotopic (exact) mass is 448 g/mol. The number of hydrogen-bond acceptors (Lipinski definition) is 4. The average molecular weight is 449 g/mol. The summed E-state index contributed by atoms with van der Waals surface area (Å²) in [6.07, 6.45) is 3.00. The number of nitrogens with one attached hydrogen (secondary N) is 2. The summed E-state index contributed by atoms with van der Waals surface area (Å²) in [5, 5.41) is 2.66. The van der Waals surface area contributed by atoms with Crippen LogP contribution in [-0.2, 0) is 9.53 Å². The van der Waals surface area contributed by atoms with Crippen LogP contribution < -0.4 is 5.32 Å². The fourth-order valence-electron chi connectivity index (χ4n) is 3.47. The molecule has 2 heterocycles. The molecule has 7 nitrogen and oxygen atoms in total. The maximum Gasteiger partial charge on any atom is 0.407 e. The number of likely N-dealkylation sites (tertiary alicyclic amines) is 1. The first kappa shape index (κ1) is 20.4. The summed E-state index contributed by atoms with van der Waals surface area (Å²) in [4.78, 5) is 34.6. The van der Waals surface area contributed by atoms with Crippen LogP contribution in [0.3, 0.4) is 0 Å². The summed E-state index contributed by atoms with van der Waals surface area (Å²) in [7, 11) is 1.29. The van der Waals surface area contributed by atoms with Gasteiger partial charge >= 0.3 is 6.09 Å². The van der Waals surface area contributed by atoms with Gasteiger partial charge in [0.25, 0.3) is 0 Å². The van der Waals surface area contributed by atoms with Crippen LogP contribution in [0.25, 0.3) is 11.3 Å². The maximum absolute atomic E-state index is 13.1. The normalized spacial score (nSPS) is 17.6. The number of amides is 2. The highest BCUT2D eigenvalue weighted by Gasteiger charge is 2.37. The predicted molar refractivity (Wildman–Crippen MR) is 110 cm³/mol. The second kappa shape index (κ2) is 8.77. The Bertz CT molecular complexity index is 834. The molecule has 2 N–H and O–H groups in total. The number of ether oxygens (including phenoxy) is 1. The van der Waals surface area contributed by atoms with Crippen molar-refractivity contribution in [1.29, 1.82) is 0 Å². The molecule has 0 saturated carbocycles. The third kappa shape index (κ3) is 4.38. The lowest BCUT2D eigenvalue weighted by molar-refractivity contribution is -0.135. The SMILES string of the molecule is COC(=O)NC(C(=O)N1CCC[C@H]1c1nc(-c2ccc(Br)cc2)c[nH]1)C(C)C. The van der Waals surface area contributed by atoms with Crippen LogP contribution in [0.2, 0.25) is 0 Å². The van der Waals surface area contributed by atoms with Crippen LogP contribution in [0.15, 0.2) is 34.9 Å². The van der Waals surface area contributed by atoms with Crippen LogP contribution in [0.4, 0.5) is 4.79 Å². The van der Waals surface area contributed by atoms with Gasteiger partial charge in [0.2, 0.25) is 5.91 Å². The van der Waals surface area contributed by atoms with Gasteiger partial charge in [-0.15, -0.1) is 0 Å². The second-order valence-corrected chi connectivity index (χ2v) is 8.14. The van der Waals surface area contributed by atoms with Crippen molar-refractivity contribution in [3.05, 3.63) is 40.8 Å². The van der Waals surface area contributed by atoms with E-state index in [4.69, 9.17) is 4.98 Å². The van der Waals surface area contributed by atoms with Crippen LogP contribution in [0, 0.1) is 5.92 Å². The van der Waals surface area contributed by atoms with Crippen molar-refractivity contribution < 1.29 is 14.3 Å². The number of aromatic amines is 1. The molecule has 0 bridgehead atoms. The van der Waals surface area contributed by atoms with Crippen molar-refractivity contribution >= 4 is 27.9 Å². The Morgan fingerprint density at radius 1 is 1.32 bits per heavy atom. The first-order valence-electron chi connectivity index (χ1n) is 9.37. The highest BCUT2D eigenvalue weighted by molar-refractivity contribution is 9.10. The molecule has 150 valence electrons. The van der Waals surface area contributed by atoms with Gasteiger partial charge in [0.1, 0.15) is 11.9 Å². The molecule has 8 heteroatoms. The Hall–Kier alpha value is -2.35. The quantitative estimate of drug-likeness (QED) is 0.726. The largest absolute Gasteiger partial charge is 0.453 e. The molecule has 1 aliphatic heterocycles. The van der Waals surface area contributed by atoms with Gasteiger partial charge < -0.3 is 19.9 Å². The minimum Gasteiger partial charge on any atom is -0.453 e. The molecule has 0 radical (unpaired) electrons. The van der Waals surface area contributed by atoms with E-state index in [1.165, 1.54) is 7.11 Å². The number of benzene rings is 1. The molecular weight excluding hydrogens is 424 g/mol. The summed E-state index contributed by atoms with van der Waals surface area (Å²) in [6.45, 7) is 4.45. The number of methoxy groups -OCH3 is 1. The lowest BCUT2D eigenvalue weighted by atomic mass is 10.0. The minimum absolute atomic E-state index is 0.0530. The molecule has 1 fully saturated rings. The van der Waals surface area contributed by atoms with E-state index in [0.717, 1.165) is 34.4 Å². The van der Waals surface area contributed by atoms with Crippen LogP contribution in [0.5, 0.6) is 0 Å². The molecule has 1 aromatic carbocycles. The smallest absolute Gasteiger partial charge is 0.407 e. The van der Waals surface area contributed by atoms with E-state index in [1.54, 1.807) is 0 Å². The number of nitrogens with zero attached hydrogens (tertiary/aromatic N) is 2. The third-order valence-corrected chi connectivity index (χ3v) is 5.51. The van der Waals surface area contributed by atoms with Gasteiger partial charge in [0, 0.05) is 22.8 Å². The topological polar surface area (TPSA) is 87.3 Å². The summed E-state index contributed by atoms with van der Waals surface area (Å²) < 4.78 is 5.68. The van der Waals surface area contributed by atoms with Gasteiger partial charge in [0.05, 0.1) is 18.8 Å². The van der Waals surface area contributed by atoms with E-state index in [-0.39, 0.29) is 17.9 Å². The Kier molecular flexibility index (Phi) is 6.39. The summed E-state index contributed by atoms with van der Waals surface area (Å²) >= 11 is 3.44. The lowest BCUT2D eigenvalue weighted by Gasteiger charge is -2.29. The van der Waals surface area contributed by atoms with E-state index < -0.39 is 12.1 Å². The molecule has 1 unspecified atom stereocenters. The van der Waals surface area contributed by atoms with Gasteiger partial charge in [-0.25, -0.2) is 9.78 Å². The Labute approximate surface area is 173 Å². The van der Waals surface area contributed by atoms with Gasteiger partial charge in [-0.2, -0.15) is 0 Å². The summed E-state index contributed by atoms with van der Waals surface area (Å²) in [5.74, 6) is 0.608. The number of rotatable bonds is 5. The molecule has 2 atom stereocenters. The third-order valence-electron chi connectivity index (χ3n) is 4.98. The Balaban J connectivity index is 1.79. The number of halogens is 1. The highest BCUT2D eigenvalue weighted by atomic mass is 79.9. The van der Waals surface area contributed by atoms with Gasteiger partial charge in [0.15, 0.2) is 0 Å². The molecule has 1 aromatic heterocycles. The summed E-state index contributed by atoms with van der Waals surface area (Å²) in [5.41, 5.74) is 1.85. The van der Waals surface area contributed by atoms with Gasteiger partial charge in [-0.05, 0) is 30.9 Å². The molecular formula is C20H25BrN4O3. The first-order chi connectivity index (χ1) is 13.4. The fraction of sp³-hybridized carbons (Fsp3) is 0.450. The van der Waals surface area contributed by atoms with E-state index >= 15 is 0 Å². The number of carbonyl (C=O) groups excluding carboxylic acids is 2. The number of hydrogen-bond donors (Lipinski definition) is 2. The zero-order valence-corrected chi connectivity index (χ0v) is 17.8. The molecule has 0 spiro atoms. The second-order valence-electron chi connectivity index (χ2n) is 7.23. The van der Waals surface area contributed by atoms with Crippen molar-refractivity contribution in [3.8, 4) is 11.3 Å². The van der Waals surface area contributed by atoms with Gasteiger partial charge in [-0.1, -0.05) is 41.9 Å². The predicted octanol–water partition coefficient (Wildman–Crippen LogP) is 3.88. The zero-order chi connectivity index (χ0) is 20.3. The Morgan fingerprint density at radius 2 is 2.04 bits per heavy atom. The van der Waals surface area contributed by atoms with E-state index in [2.05, 4.69) is 31.0 Å². The molecule has 28 heavy (non-hydrogen) atoms. The average Bonchev–Trinajstić information content (AvgIpc) is 3.34. The Morgan fingerprint density at radius 3 is 2.68 bits per heavy atom. The number of aromatic nitrogens is 2. The van der Waals surface area contributed by atoms with Crippen molar-refractivity contribution in [1.82, 2.24) is 20.2 Å². The number of alkyl carbamates (subject to hydrolysis) is 1. The van der Waals surface area contributed by atoms with Crippen LogP contribution in [-0.4, -0.2) is 46.6 Å². The lowest BCUT2D eigenvalue weighted by Crippen LogP contribution is -2.51. The maximum atomic E-state index is 13.1. The van der Waals surface area contributed by atoms with Crippen molar-refractivity contribution in [2.24, 2.45) is 5.92 Å². The molecule has 2 aromatic rings. The molecule has 3 rings (SSSR count). The van der Waals surface area contributed by atoms with Crippen LogP contribution >= 0.6 is 15.9 Å². The van der Waals surface area contributed by atoms with Crippen LogP contribution in [0.1, 0.15) is 38.6 Å². The summed E-state index contributed by atoms with van der Waals surface area (Å²) in [6, 6.07) is 7.18. The fourth-order valence-corrected chi connectivity index (χ4v) is 3.73. The number of carbonyl (C=O) groups is 2.